The molecule has 0 bridgehead atoms. The van der Waals surface area contributed by atoms with E-state index in [1.165, 1.54) is 12.8 Å². The molecule has 24 heavy (non-hydrogen) atoms. The maximum absolute atomic E-state index is 13.0. The highest BCUT2D eigenvalue weighted by Gasteiger charge is 2.52. The maximum atomic E-state index is 13.0. The summed E-state index contributed by atoms with van der Waals surface area (Å²) in [6.07, 6.45) is 6.62. The van der Waals surface area contributed by atoms with E-state index in [-0.39, 0.29) is 11.2 Å². The monoisotopic (exact) mass is 355 g/mol. The molecule has 0 aromatic carbocycles. The molecule has 6 nitrogen and oxygen atoms in total. The van der Waals surface area contributed by atoms with Gasteiger partial charge in [0.15, 0.2) is 0 Å². The minimum Gasteiger partial charge on any atom is -0.341 e. The molecule has 1 saturated carbocycles. The second kappa shape index (κ2) is 6.25. The van der Waals surface area contributed by atoms with Gasteiger partial charge in [0, 0.05) is 32.7 Å². The lowest BCUT2D eigenvalue weighted by Crippen LogP contribution is -2.51. The first-order valence-electron chi connectivity index (χ1n) is 9.52. The van der Waals surface area contributed by atoms with Crippen LogP contribution in [0.3, 0.4) is 0 Å². The van der Waals surface area contributed by atoms with Gasteiger partial charge in [0.1, 0.15) is 0 Å². The second-order valence-corrected chi connectivity index (χ2v) is 10.3. The molecular weight excluding hydrogens is 326 g/mol. The van der Waals surface area contributed by atoms with Crippen LogP contribution >= 0.6 is 0 Å². The van der Waals surface area contributed by atoms with Crippen molar-refractivity contribution in [2.45, 2.75) is 50.2 Å². The molecule has 3 saturated heterocycles. The third-order valence-corrected chi connectivity index (χ3v) is 8.68. The topological polar surface area (TPSA) is 60.9 Å². The quantitative estimate of drug-likeness (QED) is 0.735. The van der Waals surface area contributed by atoms with Crippen molar-refractivity contribution in [2.75, 3.05) is 45.8 Å². The van der Waals surface area contributed by atoms with Crippen molar-refractivity contribution in [1.29, 1.82) is 0 Å². The van der Waals surface area contributed by atoms with E-state index in [0.29, 0.717) is 13.1 Å². The average Bonchev–Trinajstić information content (AvgIpc) is 3.25. The minimum absolute atomic E-state index is 0.171. The summed E-state index contributed by atoms with van der Waals surface area (Å²) in [4.78, 5) is 17.5. The van der Waals surface area contributed by atoms with Crippen LogP contribution in [-0.4, -0.2) is 79.5 Å². The molecule has 1 spiro atoms. The molecule has 7 heteroatoms. The predicted octanol–water partition coefficient (Wildman–Crippen LogP) is 0.889. The van der Waals surface area contributed by atoms with Crippen LogP contribution in [0.1, 0.15) is 44.9 Å². The smallest absolute Gasteiger partial charge is 0.230 e. The number of sulfonamides is 1. The number of amides is 1. The molecule has 136 valence electrons. The van der Waals surface area contributed by atoms with Crippen molar-refractivity contribution in [3.8, 4) is 0 Å². The normalized spacial score (nSPS) is 33.0. The van der Waals surface area contributed by atoms with E-state index >= 15 is 0 Å². The molecule has 1 amide bonds. The van der Waals surface area contributed by atoms with Gasteiger partial charge in [-0.25, -0.2) is 12.7 Å². The van der Waals surface area contributed by atoms with Gasteiger partial charge in [-0.2, -0.15) is 0 Å². The molecular formula is C17H29N3O3S. The van der Waals surface area contributed by atoms with Gasteiger partial charge in [-0.1, -0.05) is 0 Å². The third kappa shape index (κ3) is 2.99. The summed E-state index contributed by atoms with van der Waals surface area (Å²) in [5.41, 5.74) is -0.439. The van der Waals surface area contributed by atoms with Crippen LogP contribution in [0.2, 0.25) is 0 Å². The van der Waals surface area contributed by atoms with E-state index in [4.69, 9.17) is 0 Å². The first-order valence-corrected chi connectivity index (χ1v) is 11.0. The number of carbonyl (C=O) groups excluding carboxylic acids is 1. The zero-order valence-corrected chi connectivity index (χ0v) is 15.3. The van der Waals surface area contributed by atoms with Gasteiger partial charge >= 0.3 is 0 Å². The molecule has 4 fully saturated rings. The molecule has 0 N–H and O–H groups in total. The van der Waals surface area contributed by atoms with Crippen molar-refractivity contribution < 1.29 is 13.2 Å². The van der Waals surface area contributed by atoms with Gasteiger partial charge in [-0.15, -0.1) is 0 Å². The van der Waals surface area contributed by atoms with Gasteiger partial charge in [0.2, 0.25) is 15.9 Å². The van der Waals surface area contributed by atoms with Gasteiger partial charge in [0.05, 0.1) is 10.7 Å². The van der Waals surface area contributed by atoms with Crippen molar-refractivity contribution >= 4 is 15.9 Å². The van der Waals surface area contributed by atoms with E-state index in [9.17, 15) is 13.2 Å². The summed E-state index contributed by atoms with van der Waals surface area (Å²) >= 11 is 0. The Balaban J connectivity index is 1.40. The van der Waals surface area contributed by atoms with E-state index in [0.717, 1.165) is 64.8 Å². The fourth-order valence-corrected chi connectivity index (χ4v) is 6.60. The molecule has 1 atom stereocenters. The van der Waals surface area contributed by atoms with Crippen molar-refractivity contribution in [3.05, 3.63) is 0 Å². The molecule has 3 aliphatic heterocycles. The predicted molar refractivity (Wildman–Crippen MR) is 92.1 cm³/mol. The third-order valence-electron chi connectivity index (χ3n) is 6.33. The van der Waals surface area contributed by atoms with Crippen LogP contribution in [-0.2, 0) is 14.8 Å². The summed E-state index contributed by atoms with van der Waals surface area (Å²) < 4.78 is 26.8. The summed E-state index contributed by atoms with van der Waals surface area (Å²) in [7, 11) is -3.16. The molecule has 0 aromatic rings. The number of piperidine rings is 1. The fourth-order valence-electron chi connectivity index (χ4n) is 4.64. The minimum atomic E-state index is -3.16. The zero-order valence-electron chi connectivity index (χ0n) is 14.5. The zero-order chi connectivity index (χ0) is 16.8. The molecule has 0 unspecified atom stereocenters. The molecule has 4 aliphatic rings. The summed E-state index contributed by atoms with van der Waals surface area (Å²) in [5.74, 6) is 0.206. The lowest BCUT2D eigenvalue weighted by Gasteiger charge is -2.38. The molecule has 0 aromatic heterocycles. The Morgan fingerprint density at radius 3 is 2.42 bits per heavy atom. The maximum Gasteiger partial charge on any atom is 0.230 e. The Labute approximate surface area is 145 Å². The fraction of sp³-hybridized carbons (Fsp3) is 0.941. The molecule has 3 heterocycles. The second-order valence-electron chi connectivity index (χ2n) is 8.05. The van der Waals surface area contributed by atoms with Crippen molar-refractivity contribution in [2.24, 2.45) is 5.41 Å². The van der Waals surface area contributed by atoms with Crippen LogP contribution in [0.25, 0.3) is 0 Å². The van der Waals surface area contributed by atoms with Crippen LogP contribution in [0, 0.1) is 5.41 Å². The Bertz CT molecular complexity index is 598. The number of carbonyl (C=O) groups is 1. The van der Waals surface area contributed by atoms with Gasteiger partial charge in [-0.05, 0) is 58.0 Å². The van der Waals surface area contributed by atoms with Crippen LogP contribution in [0.5, 0.6) is 0 Å². The van der Waals surface area contributed by atoms with Gasteiger partial charge < -0.3 is 9.80 Å². The first kappa shape index (κ1) is 16.8. The highest BCUT2D eigenvalue weighted by Crippen LogP contribution is 2.42. The lowest BCUT2D eigenvalue weighted by atomic mass is 9.79. The number of rotatable bonds is 5. The number of nitrogens with zero attached hydrogens (tertiary/aromatic N) is 3. The van der Waals surface area contributed by atoms with Crippen molar-refractivity contribution in [3.63, 3.8) is 0 Å². The van der Waals surface area contributed by atoms with Gasteiger partial charge in [0.25, 0.3) is 0 Å². The lowest BCUT2D eigenvalue weighted by molar-refractivity contribution is -0.138. The Hall–Kier alpha value is -0.660. The van der Waals surface area contributed by atoms with Crippen LogP contribution in [0.4, 0.5) is 0 Å². The summed E-state index contributed by atoms with van der Waals surface area (Å²) in [5, 5.41) is -0.171. The van der Waals surface area contributed by atoms with Crippen LogP contribution < -0.4 is 0 Å². The Morgan fingerprint density at radius 2 is 1.71 bits per heavy atom. The summed E-state index contributed by atoms with van der Waals surface area (Å²) in [6, 6.07) is 0. The molecule has 0 radical (unpaired) electrons. The highest BCUT2D eigenvalue weighted by molar-refractivity contribution is 7.90. The number of likely N-dealkylation sites (tertiary alicyclic amines) is 2. The van der Waals surface area contributed by atoms with E-state index in [1.807, 2.05) is 4.90 Å². The largest absolute Gasteiger partial charge is 0.341 e. The average molecular weight is 356 g/mol. The molecule has 4 rings (SSSR count). The first-order chi connectivity index (χ1) is 11.5. The Morgan fingerprint density at radius 1 is 0.958 bits per heavy atom. The summed E-state index contributed by atoms with van der Waals surface area (Å²) in [6.45, 7) is 5.89. The van der Waals surface area contributed by atoms with E-state index in [1.54, 1.807) is 4.31 Å². The number of hydrogen-bond acceptors (Lipinski definition) is 4. The molecule has 1 aliphatic carbocycles. The van der Waals surface area contributed by atoms with Crippen molar-refractivity contribution in [1.82, 2.24) is 14.1 Å². The number of hydrogen-bond donors (Lipinski definition) is 0. The van der Waals surface area contributed by atoms with E-state index < -0.39 is 15.4 Å². The highest BCUT2D eigenvalue weighted by atomic mass is 32.2. The van der Waals surface area contributed by atoms with E-state index in [2.05, 4.69) is 4.90 Å². The van der Waals surface area contributed by atoms with Crippen LogP contribution in [0.15, 0.2) is 0 Å². The Kier molecular flexibility index (Phi) is 4.37. The standard InChI is InChI=1S/C17H29N3O3S/c21-16-17(7-11-19(16)13-12-18-8-1-2-9-18)6-3-10-20(14-17)24(22,23)15-4-5-15/h15H,1-14H2/t17-/m0/s1. The van der Waals surface area contributed by atoms with Gasteiger partial charge in [-0.3, -0.25) is 4.79 Å². The SMILES string of the molecule is O=C1N(CCN2CCCC2)CC[C@]12CCCN(S(=O)(=O)C1CC1)C2.